The SMILES string of the molecule is CC(=O)CCCOc1cc(C)ccc1[N+](=O)[O-]. The lowest BCUT2D eigenvalue weighted by atomic mass is 10.2. The van der Waals surface area contributed by atoms with Crippen molar-refractivity contribution >= 4 is 11.5 Å². The third-order valence-electron chi connectivity index (χ3n) is 2.24. The van der Waals surface area contributed by atoms with Gasteiger partial charge in [-0.1, -0.05) is 6.07 Å². The van der Waals surface area contributed by atoms with E-state index in [0.29, 0.717) is 19.4 Å². The minimum absolute atomic E-state index is 0.0431. The Labute approximate surface area is 99.5 Å². The molecule has 0 saturated heterocycles. The van der Waals surface area contributed by atoms with Gasteiger partial charge in [0.15, 0.2) is 5.75 Å². The first-order valence-electron chi connectivity index (χ1n) is 5.38. The predicted molar refractivity (Wildman–Crippen MR) is 63.2 cm³/mol. The van der Waals surface area contributed by atoms with E-state index in [9.17, 15) is 14.9 Å². The van der Waals surface area contributed by atoms with Crippen LogP contribution in [0.3, 0.4) is 0 Å². The van der Waals surface area contributed by atoms with Gasteiger partial charge in [0.2, 0.25) is 0 Å². The molecule has 17 heavy (non-hydrogen) atoms. The van der Waals surface area contributed by atoms with Crippen LogP contribution in [-0.4, -0.2) is 17.3 Å². The van der Waals surface area contributed by atoms with Crippen molar-refractivity contribution in [2.45, 2.75) is 26.7 Å². The largest absolute Gasteiger partial charge is 0.487 e. The van der Waals surface area contributed by atoms with E-state index in [4.69, 9.17) is 4.74 Å². The van der Waals surface area contributed by atoms with E-state index in [0.717, 1.165) is 5.56 Å². The summed E-state index contributed by atoms with van der Waals surface area (Å²) >= 11 is 0. The van der Waals surface area contributed by atoms with Crippen LogP contribution in [0.15, 0.2) is 18.2 Å². The molecule has 1 rings (SSSR count). The quantitative estimate of drug-likeness (QED) is 0.433. The lowest BCUT2D eigenvalue weighted by Crippen LogP contribution is -2.02. The standard InChI is InChI=1S/C12H15NO4/c1-9-5-6-11(13(15)16)12(8-9)17-7-3-4-10(2)14/h5-6,8H,3-4,7H2,1-2H3. The highest BCUT2D eigenvalue weighted by Gasteiger charge is 2.14. The Hall–Kier alpha value is -1.91. The number of ether oxygens (including phenoxy) is 1. The van der Waals surface area contributed by atoms with Crippen molar-refractivity contribution in [2.75, 3.05) is 6.61 Å². The van der Waals surface area contributed by atoms with E-state index >= 15 is 0 Å². The zero-order valence-electron chi connectivity index (χ0n) is 9.93. The van der Waals surface area contributed by atoms with Crippen LogP contribution < -0.4 is 4.74 Å². The van der Waals surface area contributed by atoms with Crippen LogP contribution in [0.4, 0.5) is 5.69 Å². The van der Waals surface area contributed by atoms with Gasteiger partial charge in [-0.05, 0) is 31.9 Å². The van der Waals surface area contributed by atoms with Gasteiger partial charge in [-0.3, -0.25) is 10.1 Å². The van der Waals surface area contributed by atoms with Gasteiger partial charge in [-0.15, -0.1) is 0 Å². The second-order valence-electron chi connectivity index (χ2n) is 3.88. The molecule has 0 aliphatic heterocycles. The number of aryl methyl sites for hydroxylation is 1. The summed E-state index contributed by atoms with van der Waals surface area (Å²) in [5, 5.41) is 10.7. The van der Waals surface area contributed by atoms with Crippen LogP contribution in [0.2, 0.25) is 0 Å². The first kappa shape index (κ1) is 13.2. The number of nitro benzene ring substituents is 1. The minimum Gasteiger partial charge on any atom is -0.487 e. The van der Waals surface area contributed by atoms with Crippen LogP contribution in [-0.2, 0) is 4.79 Å². The van der Waals surface area contributed by atoms with E-state index in [-0.39, 0.29) is 17.2 Å². The number of carbonyl (C=O) groups excluding carboxylic acids is 1. The Morgan fingerprint density at radius 3 is 2.76 bits per heavy atom. The maximum absolute atomic E-state index is 10.7. The Kier molecular flexibility index (Phi) is 4.63. The number of hydrogen-bond donors (Lipinski definition) is 0. The second kappa shape index (κ2) is 5.98. The monoisotopic (exact) mass is 237 g/mol. The normalized spacial score (nSPS) is 10.0. The summed E-state index contributed by atoms with van der Waals surface area (Å²) in [6.07, 6.45) is 1.00. The van der Waals surface area contributed by atoms with Gasteiger partial charge < -0.3 is 9.53 Å². The lowest BCUT2D eigenvalue weighted by Gasteiger charge is -2.06. The molecule has 0 fully saturated rings. The molecule has 5 nitrogen and oxygen atoms in total. The number of Topliss-reactive ketones (excluding diaryl/α,β-unsaturated/α-hetero) is 1. The summed E-state index contributed by atoms with van der Waals surface area (Å²) in [6.45, 7) is 3.66. The first-order chi connectivity index (χ1) is 8.00. The summed E-state index contributed by atoms with van der Waals surface area (Å²) in [7, 11) is 0. The highest BCUT2D eigenvalue weighted by Crippen LogP contribution is 2.27. The van der Waals surface area contributed by atoms with E-state index < -0.39 is 4.92 Å². The number of nitrogens with zero attached hydrogens (tertiary/aromatic N) is 1. The van der Waals surface area contributed by atoms with E-state index in [1.807, 2.05) is 6.92 Å². The molecule has 92 valence electrons. The van der Waals surface area contributed by atoms with E-state index in [1.165, 1.54) is 13.0 Å². The van der Waals surface area contributed by atoms with Gasteiger partial charge >= 0.3 is 5.69 Å². The van der Waals surface area contributed by atoms with Crippen LogP contribution in [0.5, 0.6) is 5.75 Å². The van der Waals surface area contributed by atoms with Gasteiger partial charge in [0.25, 0.3) is 0 Å². The van der Waals surface area contributed by atoms with Gasteiger partial charge in [0, 0.05) is 12.5 Å². The molecular formula is C12H15NO4. The molecule has 0 spiro atoms. The maximum Gasteiger partial charge on any atom is 0.310 e. The van der Waals surface area contributed by atoms with Gasteiger partial charge in [0.05, 0.1) is 11.5 Å². The summed E-state index contributed by atoms with van der Waals surface area (Å²) in [5.41, 5.74) is 0.857. The number of carbonyl (C=O) groups is 1. The summed E-state index contributed by atoms with van der Waals surface area (Å²) < 4.78 is 5.34. The molecule has 0 aromatic heterocycles. The van der Waals surface area contributed by atoms with Crippen molar-refractivity contribution in [3.63, 3.8) is 0 Å². The molecule has 0 heterocycles. The molecule has 0 N–H and O–H groups in total. The van der Waals surface area contributed by atoms with Gasteiger partial charge in [-0.25, -0.2) is 0 Å². The number of rotatable bonds is 6. The van der Waals surface area contributed by atoms with Crippen molar-refractivity contribution in [1.29, 1.82) is 0 Å². The molecule has 0 aliphatic rings. The topological polar surface area (TPSA) is 69.4 Å². The zero-order valence-corrected chi connectivity index (χ0v) is 9.93. The van der Waals surface area contributed by atoms with Crippen molar-refractivity contribution in [2.24, 2.45) is 0 Å². The number of benzene rings is 1. The summed E-state index contributed by atoms with van der Waals surface area (Å²) in [5.74, 6) is 0.353. The average Bonchev–Trinajstić information content (AvgIpc) is 2.23. The molecule has 0 radical (unpaired) electrons. The Morgan fingerprint density at radius 1 is 1.47 bits per heavy atom. The third kappa shape index (κ3) is 4.22. The highest BCUT2D eigenvalue weighted by atomic mass is 16.6. The van der Waals surface area contributed by atoms with Gasteiger partial charge in [0.1, 0.15) is 5.78 Å². The smallest absolute Gasteiger partial charge is 0.310 e. The highest BCUT2D eigenvalue weighted by molar-refractivity contribution is 5.75. The summed E-state index contributed by atoms with van der Waals surface area (Å²) in [4.78, 5) is 21.0. The van der Waals surface area contributed by atoms with Crippen molar-refractivity contribution in [1.82, 2.24) is 0 Å². The minimum atomic E-state index is -0.472. The average molecular weight is 237 g/mol. The fourth-order valence-electron chi connectivity index (χ4n) is 1.39. The number of nitro groups is 1. The van der Waals surface area contributed by atoms with E-state index in [1.54, 1.807) is 12.1 Å². The fraction of sp³-hybridized carbons (Fsp3) is 0.417. The van der Waals surface area contributed by atoms with Crippen LogP contribution in [0.25, 0.3) is 0 Å². The molecule has 0 unspecified atom stereocenters. The molecule has 5 heteroatoms. The lowest BCUT2D eigenvalue weighted by molar-refractivity contribution is -0.385. The molecule has 1 aromatic carbocycles. The molecule has 0 amide bonds. The van der Waals surface area contributed by atoms with Crippen LogP contribution in [0, 0.1) is 17.0 Å². The third-order valence-corrected chi connectivity index (χ3v) is 2.24. The summed E-state index contributed by atoms with van der Waals surface area (Å²) in [6, 6.07) is 4.72. The van der Waals surface area contributed by atoms with Crippen LogP contribution >= 0.6 is 0 Å². The molecule has 0 bridgehead atoms. The Bertz CT molecular complexity index is 429. The van der Waals surface area contributed by atoms with Crippen molar-refractivity contribution in [3.8, 4) is 5.75 Å². The number of ketones is 1. The van der Waals surface area contributed by atoms with E-state index in [2.05, 4.69) is 0 Å². The molecule has 0 atom stereocenters. The van der Waals surface area contributed by atoms with Gasteiger partial charge in [-0.2, -0.15) is 0 Å². The molecule has 0 saturated carbocycles. The van der Waals surface area contributed by atoms with Crippen LogP contribution in [0.1, 0.15) is 25.3 Å². The first-order valence-corrected chi connectivity index (χ1v) is 5.38. The molecule has 1 aromatic rings. The maximum atomic E-state index is 10.7. The fourth-order valence-corrected chi connectivity index (χ4v) is 1.39. The Balaban J connectivity index is 2.65. The predicted octanol–water partition coefficient (Wildman–Crippen LogP) is 2.65. The number of hydrogen-bond acceptors (Lipinski definition) is 4. The van der Waals surface area contributed by atoms with Crippen molar-refractivity contribution < 1.29 is 14.5 Å². The zero-order chi connectivity index (χ0) is 12.8. The van der Waals surface area contributed by atoms with Crippen molar-refractivity contribution in [3.05, 3.63) is 33.9 Å². The molecular weight excluding hydrogens is 222 g/mol. The Morgan fingerprint density at radius 2 is 2.18 bits per heavy atom. The second-order valence-corrected chi connectivity index (χ2v) is 3.88. The molecule has 0 aliphatic carbocycles.